The van der Waals surface area contributed by atoms with Crippen LogP contribution in [0.3, 0.4) is 0 Å². The van der Waals surface area contributed by atoms with Crippen molar-refractivity contribution in [1.82, 2.24) is 9.97 Å². The topological polar surface area (TPSA) is 46.0 Å². The van der Waals surface area contributed by atoms with E-state index in [2.05, 4.69) is 9.97 Å². The lowest BCUT2D eigenvalue weighted by Crippen LogP contribution is -1.94. The highest BCUT2D eigenvalue weighted by Crippen LogP contribution is 2.20. The summed E-state index contributed by atoms with van der Waals surface area (Å²) < 4.78 is 12.9. The van der Waals surface area contributed by atoms with Gasteiger partial charge < -0.3 is 5.11 Å². The molecule has 2 aromatic heterocycles. The first-order valence-corrected chi connectivity index (χ1v) is 4.47. The fraction of sp³-hybridized carbons (Fsp3) is 0.0909. The highest BCUT2D eigenvalue weighted by molar-refractivity contribution is 5.61. The predicted octanol–water partition coefficient (Wildman–Crippen LogP) is 1.77. The molecule has 0 aliphatic carbocycles. The number of pyridine rings is 2. The van der Waals surface area contributed by atoms with Crippen molar-refractivity contribution in [1.29, 1.82) is 0 Å². The van der Waals surface area contributed by atoms with Crippen LogP contribution in [0.4, 0.5) is 4.39 Å². The van der Waals surface area contributed by atoms with Crippen molar-refractivity contribution in [2.24, 2.45) is 0 Å². The molecular weight excluding hydrogens is 195 g/mol. The molecule has 0 saturated heterocycles. The lowest BCUT2D eigenvalue weighted by Gasteiger charge is -2.05. The van der Waals surface area contributed by atoms with Gasteiger partial charge in [0.05, 0.1) is 18.5 Å². The first-order chi connectivity index (χ1) is 7.31. The molecule has 15 heavy (non-hydrogen) atoms. The zero-order chi connectivity index (χ0) is 10.7. The van der Waals surface area contributed by atoms with E-state index >= 15 is 0 Å². The number of halogens is 1. The Labute approximate surface area is 86.3 Å². The van der Waals surface area contributed by atoms with E-state index in [0.717, 1.165) is 11.8 Å². The highest BCUT2D eigenvalue weighted by atomic mass is 19.1. The lowest BCUT2D eigenvalue weighted by atomic mass is 10.1. The van der Waals surface area contributed by atoms with Gasteiger partial charge in [-0.1, -0.05) is 0 Å². The summed E-state index contributed by atoms with van der Waals surface area (Å²) in [6, 6.07) is 4.85. The van der Waals surface area contributed by atoms with Gasteiger partial charge in [0.15, 0.2) is 0 Å². The van der Waals surface area contributed by atoms with E-state index in [-0.39, 0.29) is 6.61 Å². The van der Waals surface area contributed by atoms with Gasteiger partial charge in [0.2, 0.25) is 0 Å². The fourth-order valence-electron chi connectivity index (χ4n) is 1.36. The zero-order valence-electron chi connectivity index (χ0n) is 7.89. The summed E-state index contributed by atoms with van der Waals surface area (Å²) in [6.45, 7) is -0.241. The third kappa shape index (κ3) is 1.99. The normalized spacial score (nSPS) is 10.3. The van der Waals surface area contributed by atoms with Gasteiger partial charge in [0.1, 0.15) is 5.82 Å². The van der Waals surface area contributed by atoms with E-state index in [1.165, 1.54) is 6.07 Å². The Morgan fingerprint density at radius 2 is 2.20 bits per heavy atom. The quantitative estimate of drug-likeness (QED) is 0.810. The van der Waals surface area contributed by atoms with E-state index in [1.807, 2.05) is 6.07 Å². The average Bonchev–Trinajstić information content (AvgIpc) is 2.30. The molecule has 0 bridgehead atoms. The summed E-state index contributed by atoms with van der Waals surface area (Å²) in [7, 11) is 0. The van der Waals surface area contributed by atoms with E-state index < -0.39 is 5.82 Å². The Morgan fingerprint density at radius 1 is 1.33 bits per heavy atom. The molecule has 0 atom stereocenters. The average molecular weight is 204 g/mol. The van der Waals surface area contributed by atoms with Gasteiger partial charge in [-0.2, -0.15) is 0 Å². The molecular formula is C11H9FN2O. The third-order valence-electron chi connectivity index (χ3n) is 2.04. The Kier molecular flexibility index (Phi) is 2.69. The molecule has 0 radical (unpaired) electrons. The minimum Gasteiger partial charge on any atom is -0.392 e. The van der Waals surface area contributed by atoms with Crippen LogP contribution >= 0.6 is 0 Å². The molecule has 2 heterocycles. The van der Waals surface area contributed by atoms with Crippen molar-refractivity contribution < 1.29 is 9.50 Å². The first kappa shape index (κ1) is 9.73. The Bertz CT molecular complexity index is 459. The second-order valence-corrected chi connectivity index (χ2v) is 3.06. The molecule has 0 spiro atoms. The smallest absolute Gasteiger partial charge is 0.141 e. The van der Waals surface area contributed by atoms with Crippen molar-refractivity contribution in [3.63, 3.8) is 0 Å². The van der Waals surface area contributed by atoms with E-state index in [4.69, 9.17) is 5.11 Å². The predicted molar refractivity (Wildman–Crippen MR) is 53.3 cm³/mol. The summed E-state index contributed by atoms with van der Waals surface area (Å²) in [4.78, 5) is 7.89. The maximum atomic E-state index is 12.9. The fourth-order valence-corrected chi connectivity index (χ4v) is 1.36. The molecule has 0 unspecified atom stereocenters. The molecule has 3 nitrogen and oxygen atoms in total. The zero-order valence-corrected chi connectivity index (χ0v) is 7.89. The molecule has 0 saturated carbocycles. The van der Waals surface area contributed by atoms with Gasteiger partial charge in [-0.25, -0.2) is 4.39 Å². The van der Waals surface area contributed by atoms with E-state index in [9.17, 15) is 4.39 Å². The minimum absolute atomic E-state index is 0.241. The molecule has 0 aromatic carbocycles. The van der Waals surface area contributed by atoms with Crippen molar-refractivity contribution in [2.75, 3.05) is 0 Å². The van der Waals surface area contributed by atoms with Crippen LogP contribution in [0.25, 0.3) is 11.3 Å². The Hall–Kier alpha value is -1.81. The van der Waals surface area contributed by atoms with Gasteiger partial charge in [-0.15, -0.1) is 0 Å². The van der Waals surface area contributed by atoms with E-state index in [1.54, 1.807) is 18.5 Å². The minimum atomic E-state index is -0.452. The number of aliphatic hydroxyl groups is 1. The second kappa shape index (κ2) is 4.14. The first-order valence-electron chi connectivity index (χ1n) is 4.47. The maximum absolute atomic E-state index is 12.9. The molecule has 2 rings (SSSR count). The molecule has 1 N–H and O–H groups in total. The van der Waals surface area contributed by atoms with Crippen molar-refractivity contribution in [3.8, 4) is 11.3 Å². The van der Waals surface area contributed by atoms with Crippen LogP contribution in [-0.2, 0) is 6.61 Å². The SMILES string of the molecule is OCc1cc(F)cnc1-c1cccnc1. The molecule has 2 aromatic rings. The number of aliphatic hydroxyl groups excluding tert-OH is 1. The standard InChI is InChI=1S/C11H9FN2O/c12-10-4-9(7-15)11(14-6-10)8-2-1-3-13-5-8/h1-6,15H,7H2. The molecule has 0 fully saturated rings. The van der Waals surface area contributed by atoms with Crippen molar-refractivity contribution in [2.45, 2.75) is 6.61 Å². The van der Waals surface area contributed by atoms with Crippen molar-refractivity contribution >= 4 is 0 Å². The number of aromatic nitrogens is 2. The molecule has 0 aliphatic heterocycles. The van der Waals surface area contributed by atoms with Crippen molar-refractivity contribution in [3.05, 3.63) is 48.2 Å². The van der Waals surface area contributed by atoms with Crippen LogP contribution in [-0.4, -0.2) is 15.1 Å². The Balaban J connectivity index is 2.53. The van der Waals surface area contributed by atoms with Crippen LogP contribution < -0.4 is 0 Å². The maximum Gasteiger partial charge on any atom is 0.141 e. The summed E-state index contributed by atoms with van der Waals surface area (Å²) in [5, 5.41) is 9.08. The largest absolute Gasteiger partial charge is 0.392 e. The second-order valence-electron chi connectivity index (χ2n) is 3.06. The summed E-state index contributed by atoms with van der Waals surface area (Å²) in [5.74, 6) is -0.452. The van der Waals surface area contributed by atoms with Gasteiger partial charge in [-0.3, -0.25) is 9.97 Å². The number of nitrogens with zero attached hydrogens (tertiary/aromatic N) is 2. The van der Waals surface area contributed by atoms with Crippen LogP contribution in [0.2, 0.25) is 0 Å². The number of rotatable bonds is 2. The van der Waals surface area contributed by atoms with E-state index in [0.29, 0.717) is 11.3 Å². The van der Waals surface area contributed by atoms with Crippen LogP contribution in [0.5, 0.6) is 0 Å². The van der Waals surface area contributed by atoms with Crippen LogP contribution in [0.1, 0.15) is 5.56 Å². The molecule has 0 aliphatic rings. The van der Waals surface area contributed by atoms with Gasteiger partial charge in [0.25, 0.3) is 0 Å². The van der Waals surface area contributed by atoms with Gasteiger partial charge in [-0.05, 0) is 18.2 Å². The van der Waals surface area contributed by atoms with Crippen LogP contribution in [0.15, 0.2) is 36.8 Å². The number of hydrogen-bond donors (Lipinski definition) is 1. The molecule has 4 heteroatoms. The van der Waals surface area contributed by atoms with Gasteiger partial charge >= 0.3 is 0 Å². The third-order valence-corrected chi connectivity index (χ3v) is 2.04. The Morgan fingerprint density at radius 3 is 2.87 bits per heavy atom. The molecule has 0 amide bonds. The van der Waals surface area contributed by atoms with Gasteiger partial charge in [0, 0.05) is 23.5 Å². The van der Waals surface area contributed by atoms with Crippen LogP contribution in [0, 0.1) is 5.82 Å². The number of hydrogen-bond acceptors (Lipinski definition) is 3. The summed E-state index contributed by atoms with van der Waals surface area (Å²) in [6.07, 6.45) is 4.40. The summed E-state index contributed by atoms with van der Waals surface area (Å²) in [5.41, 5.74) is 1.79. The highest BCUT2D eigenvalue weighted by Gasteiger charge is 2.07. The lowest BCUT2D eigenvalue weighted by molar-refractivity contribution is 0.281. The molecule has 76 valence electrons. The monoisotopic (exact) mass is 204 g/mol. The summed E-state index contributed by atoms with van der Waals surface area (Å²) >= 11 is 0.